The van der Waals surface area contributed by atoms with Crippen molar-refractivity contribution >= 4 is 21.6 Å². The molecule has 1 fully saturated rings. The fourth-order valence-corrected chi connectivity index (χ4v) is 4.79. The van der Waals surface area contributed by atoms with Gasteiger partial charge in [-0.05, 0) is 31.0 Å². The molecule has 1 atom stereocenters. The van der Waals surface area contributed by atoms with E-state index in [2.05, 4.69) is 5.16 Å². The second kappa shape index (κ2) is 6.26. The van der Waals surface area contributed by atoms with Crippen LogP contribution in [0.3, 0.4) is 0 Å². The molecule has 0 aliphatic carbocycles. The van der Waals surface area contributed by atoms with E-state index >= 15 is 0 Å². The van der Waals surface area contributed by atoms with Crippen molar-refractivity contribution in [3.05, 3.63) is 46.8 Å². The number of hydrogen-bond donors (Lipinski definition) is 0. The van der Waals surface area contributed by atoms with E-state index in [0.29, 0.717) is 17.3 Å². The van der Waals surface area contributed by atoms with Gasteiger partial charge in [0.1, 0.15) is 11.5 Å². The van der Waals surface area contributed by atoms with Crippen LogP contribution in [0.2, 0.25) is 5.02 Å². The predicted octanol–water partition coefficient (Wildman–Crippen LogP) is 3.98. The van der Waals surface area contributed by atoms with Crippen LogP contribution >= 0.6 is 11.6 Å². The Labute approximate surface area is 141 Å². The van der Waals surface area contributed by atoms with Gasteiger partial charge in [-0.25, -0.2) is 8.42 Å². The first-order valence-electron chi connectivity index (χ1n) is 7.63. The van der Waals surface area contributed by atoms with Gasteiger partial charge in [0.2, 0.25) is 10.0 Å². The molecule has 1 aliphatic heterocycles. The maximum absolute atomic E-state index is 12.9. The SMILES string of the molecule is CC(C)c1cc(C2CCCN2S(=O)(=O)c2cccc(Cl)c2)no1. The van der Waals surface area contributed by atoms with E-state index in [1.807, 2.05) is 19.9 Å². The molecular weight excluding hydrogens is 336 g/mol. The third-order valence-electron chi connectivity index (χ3n) is 4.06. The van der Waals surface area contributed by atoms with E-state index in [-0.39, 0.29) is 16.9 Å². The highest BCUT2D eigenvalue weighted by atomic mass is 35.5. The molecule has 3 rings (SSSR count). The van der Waals surface area contributed by atoms with Crippen LogP contribution in [0.15, 0.2) is 39.8 Å². The van der Waals surface area contributed by atoms with E-state index in [1.54, 1.807) is 18.2 Å². The van der Waals surface area contributed by atoms with Crippen molar-refractivity contribution in [3.63, 3.8) is 0 Å². The fourth-order valence-electron chi connectivity index (χ4n) is 2.82. The summed E-state index contributed by atoms with van der Waals surface area (Å²) in [5, 5.41) is 4.49. The molecular formula is C16H19ClN2O3S. The molecule has 0 spiro atoms. The lowest BCUT2D eigenvalue weighted by Gasteiger charge is -2.22. The topological polar surface area (TPSA) is 63.4 Å². The van der Waals surface area contributed by atoms with Gasteiger partial charge in [0.05, 0.1) is 10.9 Å². The zero-order valence-electron chi connectivity index (χ0n) is 13.1. The summed E-state index contributed by atoms with van der Waals surface area (Å²) in [4.78, 5) is 0.212. The Bertz CT molecular complexity index is 801. The number of sulfonamides is 1. The quantitative estimate of drug-likeness (QED) is 0.833. The summed E-state index contributed by atoms with van der Waals surface area (Å²) in [5.41, 5.74) is 0.678. The van der Waals surface area contributed by atoms with E-state index in [0.717, 1.165) is 18.6 Å². The molecule has 0 radical (unpaired) electrons. The molecule has 0 saturated carbocycles. The lowest BCUT2D eigenvalue weighted by Crippen LogP contribution is -2.30. The van der Waals surface area contributed by atoms with Crippen LogP contribution in [-0.2, 0) is 10.0 Å². The van der Waals surface area contributed by atoms with Crippen LogP contribution in [0.25, 0.3) is 0 Å². The van der Waals surface area contributed by atoms with Gasteiger partial charge in [-0.3, -0.25) is 0 Å². The van der Waals surface area contributed by atoms with Crippen LogP contribution in [0.5, 0.6) is 0 Å². The molecule has 1 saturated heterocycles. The normalized spacial score (nSPS) is 19.6. The molecule has 0 N–H and O–H groups in total. The summed E-state index contributed by atoms with van der Waals surface area (Å²) in [5.74, 6) is 0.989. The Kier molecular flexibility index (Phi) is 4.49. The van der Waals surface area contributed by atoms with E-state index in [9.17, 15) is 8.42 Å². The van der Waals surface area contributed by atoms with Gasteiger partial charge in [0.15, 0.2) is 0 Å². The second-order valence-electron chi connectivity index (χ2n) is 6.04. The van der Waals surface area contributed by atoms with Gasteiger partial charge in [0, 0.05) is 23.6 Å². The number of halogens is 1. The zero-order chi connectivity index (χ0) is 16.6. The van der Waals surface area contributed by atoms with Crippen molar-refractivity contribution in [3.8, 4) is 0 Å². The van der Waals surface area contributed by atoms with Crippen LogP contribution in [0, 0.1) is 0 Å². The zero-order valence-corrected chi connectivity index (χ0v) is 14.6. The Balaban J connectivity index is 1.94. The molecule has 0 bridgehead atoms. The van der Waals surface area contributed by atoms with Gasteiger partial charge in [-0.15, -0.1) is 0 Å². The number of benzene rings is 1. The van der Waals surface area contributed by atoms with Crippen molar-refractivity contribution in [2.45, 2.75) is 43.5 Å². The Hall–Kier alpha value is -1.37. The fraction of sp³-hybridized carbons (Fsp3) is 0.438. The van der Waals surface area contributed by atoms with E-state index in [4.69, 9.17) is 16.1 Å². The minimum atomic E-state index is -3.60. The Morgan fingerprint density at radius 3 is 2.78 bits per heavy atom. The maximum atomic E-state index is 12.9. The van der Waals surface area contributed by atoms with Crippen LogP contribution in [-0.4, -0.2) is 24.4 Å². The largest absolute Gasteiger partial charge is 0.361 e. The first-order valence-corrected chi connectivity index (χ1v) is 9.45. The summed E-state index contributed by atoms with van der Waals surface area (Å²) < 4.78 is 32.7. The van der Waals surface area contributed by atoms with Crippen LogP contribution < -0.4 is 0 Å². The average Bonchev–Trinajstić information content (AvgIpc) is 3.16. The highest BCUT2D eigenvalue weighted by Crippen LogP contribution is 2.37. The first kappa shape index (κ1) is 16.5. The van der Waals surface area contributed by atoms with Gasteiger partial charge in [0.25, 0.3) is 0 Å². The van der Waals surface area contributed by atoms with Crippen LogP contribution in [0.4, 0.5) is 0 Å². The van der Waals surface area contributed by atoms with Crippen molar-refractivity contribution in [1.82, 2.24) is 9.46 Å². The highest BCUT2D eigenvalue weighted by Gasteiger charge is 2.38. The summed E-state index contributed by atoms with van der Waals surface area (Å²) >= 11 is 5.94. The summed E-state index contributed by atoms with van der Waals surface area (Å²) in [6.45, 7) is 4.50. The predicted molar refractivity (Wildman–Crippen MR) is 87.9 cm³/mol. The van der Waals surface area contributed by atoms with Gasteiger partial charge in [-0.2, -0.15) is 4.31 Å². The molecule has 7 heteroatoms. The minimum Gasteiger partial charge on any atom is -0.361 e. The molecule has 1 aromatic carbocycles. The molecule has 23 heavy (non-hydrogen) atoms. The molecule has 1 aliphatic rings. The third kappa shape index (κ3) is 3.16. The van der Waals surface area contributed by atoms with Gasteiger partial charge >= 0.3 is 0 Å². The first-order chi connectivity index (χ1) is 10.9. The number of rotatable bonds is 4. The third-order valence-corrected chi connectivity index (χ3v) is 6.20. The van der Waals surface area contributed by atoms with E-state index in [1.165, 1.54) is 10.4 Å². The Morgan fingerprint density at radius 2 is 2.13 bits per heavy atom. The maximum Gasteiger partial charge on any atom is 0.243 e. The van der Waals surface area contributed by atoms with Crippen molar-refractivity contribution in [1.29, 1.82) is 0 Å². The summed E-state index contributed by atoms with van der Waals surface area (Å²) in [6.07, 6.45) is 1.54. The molecule has 5 nitrogen and oxygen atoms in total. The number of aromatic nitrogens is 1. The van der Waals surface area contributed by atoms with E-state index < -0.39 is 10.0 Å². The molecule has 2 heterocycles. The average molecular weight is 355 g/mol. The van der Waals surface area contributed by atoms with Crippen molar-refractivity contribution < 1.29 is 12.9 Å². The summed E-state index contributed by atoms with van der Waals surface area (Å²) in [7, 11) is -3.60. The lowest BCUT2D eigenvalue weighted by molar-refractivity contribution is 0.338. The number of hydrogen-bond acceptors (Lipinski definition) is 4. The lowest BCUT2D eigenvalue weighted by atomic mass is 10.1. The smallest absolute Gasteiger partial charge is 0.243 e. The van der Waals surface area contributed by atoms with Crippen molar-refractivity contribution in [2.75, 3.05) is 6.54 Å². The second-order valence-corrected chi connectivity index (χ2v) is 8.37. The number of nitrogens with zero attached hydrogens (tertiary/aromatic N) is 2. The Morgan fingerprint density at radius 1 is 1.35 bits per heavy atom. The van der Waals surface area contributed by atoms with Crippen molar-refractivity contribution in [2.24, 2.45) is 0 Å². The minimum absolute atomic E-state index is 0.212. The van der Waals surface area contributed by atoms with Gasteiger partial charge in [-0.1, -0.05) is 36.7 Å². The molecule has 124 valence electrons. The molecule has 0 amide bonds. The molecule has 1 aromatic heterocycles. The highest BCUT2D eigenvalue weighted by molar-refractivity contribution is 7.89. The monoisotopic (exact) mass is 354 g/mol. The standard InChI is InChI=1S/C16H19ClN2O3S/c1-11(2)16-10-14(18-22-16)15-7-4-8-19(15)23(20,21)13-6-3-5-12(17)9-13/h3,5-6,9-11,15H,4,7-8H2,1-2H3. The van der Waals surface area contributed by atoms with Gasteiger partial charge < -0.3 is 4.52 Å². The van der Waals surface area contributed by atoms with Crippen LogP contribution in [0.1, 0.15) is 50.1 Å². The molecule has 2 aromatic rings. The summed E-state index contributed by atoms with van der Waals surface area (Å²) in [6, 6.07) is 7.94. The molecule has 1 unspecified atom stereocenters.